The van der Waals surface area contributed by atoms with Crippen molar-refractivity contribution < 1.29 is 23.8 Å². The van der Waals surface area contributed by atoms with Gasteiger partial charge in [0.05, 0.1) is 0 Å². The number of fused-ring (bicyclic) bond motifs is 1. The minimum absolute atomic E-state index is 0.406. The Hall–Kier alpha value is -2.83. The fraction of sp³-hybridized carbons (Fsp3) is 0.450. The lowest BCUT2D eigenvalue weighted by atomic mass is 10.0. The molecule has 1 heterocycles. The Morgan fingerprint density at radius 1 is 1.30 bits per heavy atom. The first kappa shape index (κ1) is 20.5. The van der Waals surface area contributed by atoms with E-state index in [0.29, 0.717) is 16.9 Å². The fourth-order valence-corrected chi connectivity index (χ4v) is 2.75. The molecule has 0 aliphatic rings. The normalized spacial score (nSPS) is 13.2. The highest BCUT2D eigenvalue weighted by atomic mass is 16.5. The topological polar surface area (TPSA) is 106 Å². The van der Waals surface area contributed by atoms with Crippen LogP contribution in [0.1, 0.15) is 44.7 Å². The van der Waals surface area contributed by atoms with Gasteiger partial charge in [-0.25, -0.2) is 4.79 Å². The van der Waals surface area contributed by atoms with Crippen molar-refractivity contribution in [1.29, 1.82) is 0 Å². The van der Waals surface area contributed by atoms with E-state index in [0.717, 1.165) is 30.2 Å². The fourth-order valence-electron chi connectivity index (χ4n) is 2.75. The van der Waals surface area contributed by atoms with Crippen LogP contribution in [0.2, 0.25) is 0 Å². The Bertz CT molecular complexity index is 901. The van der Waals surface area contributed by atoms with Crippen LogP contribution in [0, 0.1) is 6.92 Å². The molecule has 0 aliphatic carbocycles. The second-order valence-electron chi connectivity index (χ2n) is 6.59. The number of carboxylic acid groups (broad SMARTS) is 1. The van der Waals surface area contributed by atoms with E-state index in [1.54, 1.807) is 13.0 Å². The van der Waals surface area contributed by atoms with Crippen LogP contribution in [0.3, 0.4) is 0 Å². The third-order valence-corrected chi connectivity index (χ3v) is 4.40. The standard InChI is InChI=1S/C20H25NO6/c1-5-6-7-14-10-17(22)27-18-11(2)16(9-8-15(14)18)26-13(4)19(23)21-12(3)20(24)25/h8-10,12-13H,5-7H2,1-4H3,(H,21,23)(H,24,25). The molecule has 1 aromatic carbocycles. The van der Waals surface area contributed by atoms with E-state index in [1.807, 2.05) is 6.07 Å². The lowest BCUT2D eigenvalue weighted by molar-refractivity contribution is -0.142. The van der Waals surface area contributed by atoms with Crippen LogP contribution < -0.4 is 15.7 Å². The molecule has 2 rings (SSSR count). The SMILES string of the molecule is CCCCc1cc(=O)oc2c(C)c(OC(C)C(=O)NC(C)C(=O)O)ccc12. The Labute approximate surface area is 157 Å². The predicted molar refractivity (Wildman–Crippen MR) is 101 cm³/mol. The molecule has 7 heteroatoms. The van der Waals surface area contributed by atoms with Crippen molar-refractivity contribution in [2.75, 3.05) is 0 Å². The largest absolute Gasteiger partial charge is 0.480 e. The second-order valence-corrected chi connectivity index (χ2v) is 6.59. The molecule has 146 valence electrons. The summed E-state index contributed by atoms with van der Waals surface area (Å²) >= 11 is 0. The number of nitrogens with one attached hydrogen (secondary N) is 1. The Balaban J connectivity index is 2.29. The molecule has 7 nitrogen and oxygen atoms in total. The molecule has 0 radical (unpaired) electrons. The molecule has 2 aromatic rings. The van der Waals surface area contributed by atoms with Crippen molar-refractivity contribution in [3.05, 3.63) is 39.7 Å². The van der Waals surface area contributed by atoms with Gasteiger partial charge in [0, 0.05) is 17.0 Å². The lowest BCUT2D eigenvalue weighted by Gasteiger charge is -2.18. The number of hydrogen-bond donors (Lipinski definition) is 2. The highest BCUT2D eigenvalue weighted by molar-refractivity contribution is 5.87. The third-order valence-electron chi connectivity index (χ3n) is 4.40. The monoisotopic (exact) mass is 375 g/mol. The molecule has 2 N–H and O–H groups in total. The number of carbonyl (C=O) groups excluding carboxylic acids is 1. The van der Waals surface area contributed by atoms with Gasteiger partial charge < -0.3 is 19.6 Å². The van der Waals surface area contributed by atoms with E-state index in [4.69, 9.17) is 14.3 Å². The summed E-state index contributed by atoms with van der Waals surface area (Å²) in [6.07, 6.45) is 1.86. The first-order valence-electron chi connectivity index (χ1n) is 9.00. The van der Waals surface area contributed by atoms with Gasteiger partial charge in [-0.1, -0.05) is 13.3 Å². The van der Waals surface area contributed by atoms with Crippen molar-refractivity contribution in [3.63, 3.8) is 0 Å². The zero-order valence-electron chi connectivity index (χ0n) is 16.0. The van der Waals surface area contributed by atoms with Gasteiger partial charge in [-0.05, 0) is 51.3 Å². The summed E-state index contributed by atoms with van der Waals surface area (Å²) in [5.74, 6) is -1.26. The molecule has 0 saturated heterocycles. The predicted octanol–water partition coefficient (Wildman–Crippen LogP) is 2.80. The number of unbranched alkanes of at least 4 members (excludes halogenated alkanes) is 1. The number of aryl methyl sites for hydroxylation is 2. The number of carboxylic acids is 1. The maximum absolute atomic E-state index is 12.1. The van der Waals surface area contributed by atoms with Gasteiger partial charge in [0.15, 0.2) is 6.10 Å². The average molecular weight is 375 g/mol. The van der Waals surface area contributed by atoms with E-state index in [1.165, 1.54) is 19.9 Å². The van der Waals surface area contributed by atoms with Crippen LogP contribution >= 0.6 is 0 Å². The number of aliphatic carboxylic acids is 1. The van der Waals surface area contributed by atoms with Crippen LogP contribution in [-0.2, 0) is 16.0 Å². The summed E-state index contributed by atoms with van der Waals surface area (Å²) in [4.78, 5) is 34.9. The molecule has 2 atom stereocenters. The van der Waals surface area contributed by atoms with Gasteiger partial charge in [0.25, 0.3) is 5.91 Å². The summed E-state index contributed by atoms with van der Waals surface area (Å²) < 4.78 is 11.1. The smallest absolute Gasteiger partial charge is 0.336 e. The van der Waals surface area contributed by atoms with Crippen LogP contribution in [0.4, 0.5) is 0 Å². The Morgan fingerprint density at radius 2 is 2.00 bits per heavy atom. The Kier molecular flexibility index (Phi) is 6.60. The quantitative estimate of drug-likeness (QED) is 0.687. The van der Waals surface area contributed by atoms with Gasteiger partial charge in [0.2, 0.25) is 0 Å². The molecule has 0 fully saturated rings. The minimum Gasteiger partial charge on any atom is -0.480 e. The molecule has 0 bridgehead atoms. The van der Waals surface area contributed by atoms with Crippen molar-refractivity contribution in [2.24, 2.45) is 0 Å². The first-order valence-corrected chi connectivity index (χ1v) is 9.00. The summed E-state index contributed by atoms with van der Waals surface area (Å²) in [7, 11) is 0. The summed E-state index contributed by atoms with van der Waals surface area (Å²) in [5.41, 5.74) is 1.57. The van der Waals surface area contributed by atoms with Gasteiger partial charge in [-0.2, -0.15) is 0 Å². The molecular formula is C20H25NO6. The second kappa shape index (κ2) is 8.70. The minimum atomic E-state index is -1.13. The number of carbonyl (C=O) groups is 2. The van der Waals surface area contributed by atoms with Crippen molar-refractivity contribution in [2.45, 2.75) is 59.1 Å². The number of amides is 1. The lowest BCUT2D eigenvalue weighted by Crippen LogP contribution is -2.44. The van der Waals surface area contributed by atoms with Crippen molar-refractivity contribution in [3.8, 4) is 5.75 Å². The Morgan fingerprint density at radius 3 is 2.63 bits per heavy atom. The molecular weight excluding hydrogens is 350 g/mol. The van der Waals surface area contributed by atoms with Gasteiger partial charge in [-0.3, -0.25) is 9.59 Å². The van der Waals surface area contributed by atoms with Crippen molar-refractivity contribution in [1.82, 2.24) is 5.32 Å². The summed E-state index contributed by atoms with van der Waals surface area (Å²) in [6, 6.07) is 4.05. The molecule has 0 spiro atoms. The number of benzene rings is 1. The van der Waals surface area contributed by atoms with Crippen molar-refractivity contribution >= 4 is 22.8 Å². The molecule has 1 aromatic heterocycles. The molecule has 1 amide bonds. The van der Waals surface area contributed by atoms with Gasteiger partial charge in [0.1, 0.15) is 17.4 Å². The van der Waals surface area contributed by atoms with E-state index in [9.17, 15) is 14.4 Å². The van der Waals surface area contributed by atoms with Crippen LogP contribution in [0.25, 0.3) is 11.0 Å². The van der Waals surface area contributed by atoms with E-state index in [-0.39, 0.29) is 0 Å². The highest BCUT2D eigenvalue weighted by Crippen LogP contribution is 2.29. The zero-order chi connectivity index (χ0) is 20.1. The maximum atomic E-state index is 12.1. The molecule has 27 heavy (non-hydrogen) atoms. The number of ether oxygens (including phenoxy) is 1. The van der Waals surface area contributed by atoms with E-state index >= 15 is 0 Å². The van der Waals surface area contributed by atoms with Gasteiger partial charge in [-0.15, -0.1) is 0 Å². The first-order chi connectivity index (χ1) is 12.7. The average Bonchev–Trinajstić information content (AvgIpc) is 2.62. The molecule has 2 unspecified atom stereocenters. The zero-order valence-corrected chi connectivity index (χ0v) is 16.0. The van der Waals surface area contributed by atoms with E-state index < -0.39 is 29.6 Å². The van der Waals surface area contributed by atoms with Crippen LogP contribution in [0.5, 0.6) is 5.75 Å². The molecule has 0 saturated carbocycles. The van der Waals surface area contributed by atoms with Gasteiger partial charge >= 0.3 is 11.6 Å². The number of rotatable bonds is 8. The maximum Gasteiger partial charge on any atom is 0.336 e. The van der Waals surface area contributed by atoms with Crippen LogP contribution in [-0.4, -0.2) is 29.1 Å². The number of hydrogen-bond acceptors (Lipinski definition) is 5. The highest BCUT2D eigenvalue weighted by Gasteiger charge is 2.21. The summed E-state index contributed by atoms with van der Waals surface area (Å²) in [6.45, 7) is 6.75. The van der Waals surface area contributed by atoms with E-state index in [2.05, 4.69) is 12.2 Å². The molecule has 0 aliphatic heterocycles. The third kappa shape index (κ3) is 4.87. The summed E-state index contributed by atoms with van der Waals surface area (Å²) in [5, 5.41) is 12.1. The van der Waals surface area contributed by atoms with Crippen LogP contribution in [0.15, 0.2) is 27.4 Å².